The number of benzene rings is 2. The van der Waals surface area contributed by atoms with Gasteiger partial charge in [0.1, 0.15) is 5.82 Å². The summed E-state index contributed by atoms with van der Waals surface area (Å²) in [5.41, 5.74) is 2.47. The first kappa shape index (κ1) is 17.8. The second kappa shape index (κ2) is 6.95. The van der Waals surface area contributed by atoms with Gasteiger partial charge >= 0.3 is 0 Å². The average molecular weight is 388 g/mol. The van der Waals surface area contributed by atoms with Crippen LogP contribution in [0.5, 0.6) is 0 Å². The zero-order valence-electron chi connectivity index (χ0n) is 15.9. The number of anilines is 3. The minimum atomic E-state index is -0.246. The van der Waals surface area contributed by atoms with Gasteiger partial charge in [-0.15, -0.1) is 0 Å². The maximum absolute atomic E-state index is 14.8. The predicted octanol–water partition coefficient (Wildman–Crippen LogP) is 4.83. The molecule has 5 rings (SSSR count). The summed E-state index contributed by atoms with van der Waals surface area (Å²) < 4.78 is 14.8. The molecular formula is C23H21FN4O. The minimum absolute atomic E-state index is 0.113. The molecule has 0 saturated heterocycles. The van der Waals surface area contributed by atoms with E-state index in [1.165, 1.54) is 6.07 Å². The third-order valence-electron chi connectivity index (χ3n) is 6.01. The second-order valence-corrected chi connectivity index (χ2v) is 7.79. The highest BCUT2D eigenvalue weighted by Crippen LogP contribution is 2.51. The molecule has 6 heteroatoms. The first-order valence-electron chi connectivity index (χ1n) is 9.91. The number of amides is 1. The van der Waals surface area contributed by atoms with Crippen LogP contribution in [0.15, 0.2) is 60.9 Å². The van der Waals surface area contributed by atoms with Crippen LogP contribution in [0.1, 0.15) is 41.6 Å². The van der Waals surface area contributed by atoms with E-state index in [4.69, 9.17) is 0 Å². The molecule has 1 saturated carbocycles. The van der Waals surface area contributed by atoms with E-state index in [9.17, 15) is 9.18 Å². The van der Waals surface area contributed by atoms with Crippen molar-refractivity contribution in [2.24, 2.45) is 0 Å². The van der Waals surface area contributed by atoms with Crippen LogP contribution in [-0.4, -0.2) is 22.4 Å². The van der Waals surface area contributed by atoms with Gasteiger partial charge in [-0.05, 0) is 49.2 Å². The van der Waals surface area contributed by atoms with Gasteiger partial charge in [0.05, 0.1) is 5.69 Å². The van der Waals surface area contributed by atoms with Crippen LogP contribution in [-0.2, 0) is 5.41 Å². The van der Waals surface area contributed by atoms with Crippen molar-refractivity contribution in [2.45, 2.75) is 31.1 Å². The molecule has 0 unspecified atom stereocenters. The van der Waals surface area contributed by atoms with E-state index >= 15 is 0 Å². The number of carbonyl (C=O) groups is 1. The van der Waals surface area contributed by atoms with Gasteiger partial charge in [0.25, 0.3) is 5.91 Å². The molecule has 2 aliphatic rings. The Bertz CT molecular complexity index is 1060. The lowest BCUT2D eigenvalue weighted by Gasteiger charge is -2.25. The van der Waals surface area contributed by atoms with Gasteiger partial charge in [0.2, 0.25) is 5.95 Å². The lowest BCUT2D eigenvalue weighted by molar-refractivity contribution is 0.0985. The smallest absolute Gasteiger partial charge is 0.258 e. The molecule has 29 heavy (non-hydrogen) atoms. The van der Waals surface area contributed by atoms with Crippen molar-refractivity contribution in [3.05, 3.63) is 77.9 Å². The second-order valence-electron chi connectivity index (χ2n) is 7.79. The highest BCUT2D eigenvalue weighted by atomic mass is 19.1. The Morgan fingerprint density at radius 3 is 2.59 bits per heavy atom. The Hall–Kier alpha value is -3.28. The zero-order valence-corrected chi connectivity index (χ0v) is 15.9. The first-order chi connectivity index (χ1) is 14.2. The summed E-state index contributed by atoms with van der Waals surface area (Å²) in [7, 11) is 0. The van der Waals surface area contributed by atoms with Crippen molar-refractivity contribution in [3.63, 3.8) is 0 Å². The molecule has 0 bridgehead atoms. The van der Waals surface area contributed by atoms with Crippen molar-refractivity contribution in [1.29, 1.82) is 0 Å². The molecule has 1 aliphatic heterocycles. The SMILES string of the molecule is O=C(c1cccc(Nc2ncccn2)c1)N1CC2(CCCC2)c2c(F)cccc21. The van der Waals surface area contributed by atoms with E-state index in [1.807, 2.05) is 18.2 Å². The van der Waals surface area contributed by atoms with Gasteiger partial charge in [-0.2, -0.15) is 0 Å². The fourth-order valence-corrected chi connectivity index (χ4v) is 4.75. The molecule has 0 radical (unpaired) electrons. The summed E-state index contributed by atoms with van der Waals surface area (Å²) in [6, 6.07) is 14.1. The highest BCUT2D eigenvalue weighted by molar-refractivity contribution is 6.08. The minimum Gasteiger partial charge on any atom is -0.324 e. The van der Waals surface area contributed by atoms with Crippen LogP contribution in [0.3, 0.4) is 0 Å². The monoisotopic (exact) mass is 388 g/mol. The number of rotatable bonds is 3. The maximum atomic E-state index is 14.8. The number of nitrogens with zero attached hydrogens (tertiary/aromatic N) is 3. The summed E-state index contributed by atoms with van der Waals surface area (Å²) in [6.07, 6.45) is 7.32. The van der Waals surface area contributed by atoms with Crippen LogP contribution < -0.4 is 10.2 Å². The normalized spacial score (nSPS) is 16.8. The molecule has 2 heterocycles. The van der Waals surface area contributed by atoms with Gasteiger partial charge in [0, 0.05) is 41.2 Å². The lowest BCUT2D eigenvalue weighted by Crippen LogP contribution is -2.35. The standard InChI is InChI=1S/C23H21FN4O/c24-18-8-4-9-19-20(18)23(10-1-2-11-23)15-28(19)21(29)16-6-3-7-17(14-16)27-22-25-12-5-13-26-22/h3-9,12-14H,1-2,10-11,15H2,(H,25,26,27). The number of aromatic nitrogens is 2. The Kier molecular flexibility index (Phi) is 4.27. The van der Waals surface area contributed by atoms with Crippen LogP contribution in [0.25, 0.3) is 0 Å². The van der Waals surface area contributed by atoms with E-state index in [1.54, 1.807) is 41.6 Å². The Labute approximate surface area is 168 Å². The van der Waals surface area contributed by atoms with E-state index in [0.29, 0.717) is 23.7 Å². The third kappa shape index (κ3) is 3.05. The molecule has 5 nitrogen and oxygen atoms in total. The summed E-state index contributed by atoms with van der Waals surface area (Å²) in [5.74, 6) is 0.158. The molecule has 1 N–H and O–H groups in total. The Morgan fingerprint density at radius 1 is 1.03 bits per heavy atom. The first-order valence-corrected chi connectivity index (χ1v) is 9.91. The number of hydrogen-bond acceptors (Lipinski definition) is 4. The molecule has 1 spiro atoms. The molecule has 1 aromatic heterocycles. The number of fused-ring (bicyclic) bond motifs is 2. The molecule has 146 valence electrons. The Morgan fingerprint density at radius 2 is 1.79 bits per heavy atom. The van der Waals surface area contributed by atoms with Gasteiger partial charge in [-0.1, -0.05) is 25.0 Å². The van der Waals surface area contributed by atoms with E-state index in [0.717, 1.165) is 36.9 Å². The van der Waals surface area contributed by atoms with E-state index in [-0.39, 0.29) is 17.1 Å². The van der Waals surface area contributed by atoms with Crippen LogP contribution in [0, 0.1) is 5.82 Å². The van der Waals surface area contributed by atoms with Crippen molar-refractivity contribution >= 4 is 23.2 Å². The molecule has 2 aromatic carbocycles. The molecule has 1 fully saturated rings. The molecule has 0 atom stereocenters. The largest absolute Gasteiger partial charge is 0.324 e. The number of halogens is 1. The molecule has 3 aromatic rings. The molecule has 1 amide bonds. The number of hydrogen-bond donors (Lipinski definition) is 1. The summed E-state index contributed by atoms with van der Waals surface area (Å²) >= 11 is 0. The fourth-order valence-electron chi connectivity index (χ4n) is 4.75. The van der Waals surface area contributed by atoms with E-state index < -0.39 is 0 Å². The summed E-state index contributed by atoms with van der Waals surface area (Å²) in [6.45, 7) is 0.543. The average Bonchev–Trinajstić information content (AvgIpc) is 3.35. The van der Waals surface area contributed by atoms with Crippen molar-refractivity contribution in [3.8, 4) is 0 Å². The fraction of sp³-hybridized carbons (Fsp3) is 0.261. The van der Waals surface area contributed by atoms with Gasteiger partial charge in [0.15, 0.2) is 0 Å². The third-order valence-corrected chi connectivity index (χ3v) is 6.01. The highest BCUT2D eigenvalue weighted by Gasteiger charge is 2.48. The van der Waals surface area contributed by atoms with Gasteiger partial charge in [-0.25, -0.2) is 14.4 Å². The number of nitrogens with one attached hydrogen (secondary N) is 1. The topological polar surface area (TPSA) is 58.1 Å². The predicted molar refractivity (Wildman–Crippen MR) is 110 cm³/mol. The van der Waals surface area contributed by atoms with Crippen LogP contribution in [0.2, 0.25) is 0 Å². The van der Waals surface area contributed by atoms with Crippen LogP contribution in [0.4, 0.5) is 21.7 Å². The zero-order chi connectivity index (χ0) is 19.8. The quantitative estimate of drug-likeness (QED) is 0.698. The Balaban J connectivity index is 1.47. The molecular weight excluding hydrogens is 367 g/mol. The van der Waals surface area contributed by atoms with Crippen LogP contribution >= 0.6 is 0 Å². The molecule has 1 aliphatic carbocycles. The van der Waals surface area contributed by atoms with Crippen molar-refractivity contribution < 1.29 is 9.18 Å². The lowest BCUT2D eigenvalue weighted by atomic mass is 9.80. The van der Waals surface area contributed by atoms with E-state index in [2.05, 4.69) is 15.3 Å². The number of carbonyl (C=O) groups excluding carboxylic acids is 1. The summed E-state index contributed by atoms with van der Waals surface area (Å²) in [4.78, 5) is 23.5. The van der Waals surface area contributed by atoms with Gasteiger partial charge < -0.3 is 10.2 Å². The van der Waals surface area contributed by atoms with Gasteiger partial charge in [-0.3, -0.25) is 4.79 Å². The summed E-state index contributed by atoms with van der Waals surface area (Å²) in [5, 5.41) is 3.11. The maximum Gasteiger partial charge on any atom is 0.258 e. The van der Waals surface area contributed by atoms with Crippen molar-refractivity contribution in [2.75, 3.05) is 16.8 Å². The van der Waals surface area contributed by atoms with Crippen molar-refractivity contribution in [1.82, 2.24) is 9.97 Å².